The molecule has 5 heteroatoms. The third-order valence-corrected chi connectivity index (χ3v) is 2.88. The summed E-state index contributed by atoms with van der Waals surface area (Å²) in [5.74, 6) is -2.65. The number of aromatic carboxylic acids is 1. The molecule has 0 aliphatic heterocycles. The first kappa shape index (κ1) is 12.7. The van der Waals surface area contributed by atoms with Gasteiger partial charge in [0.05, 0.1) is 5.56 Å². The van der Waals surface area contributed by atoms with Crippen molar-refractivity contribution < 1.29 is 18.7 Å². The van der Waals surface area contributed by atoms with Crippen molar-refractivity contribution in [2.75, 3.05) is 0 Å². The van der Waals surface area contributed by atoms with E-state index in [1.807, 2.05) is 0 Å². The molecule has 0 aromatic heterocycles. The Morgan fingerprint density at radius 1 is 1.06 bits per heavy atom. The van der Waals surface area contributed by atoms with Crippen molar-refractivity contribution in [2.45, 2.75) is 0 Å². The van der Waals surface area contributed by atoms with Gasteiger partial charge in [0.25, 0.3) is 0 Å². The maximum atomic E-state index is 13.1. The minimum Gasteiger partial charge on any atom is -0.478 e. The molecule has 2 aromatic rings. The minimum absolute atomic E-state index is 0.0109. The van der Waals surface area contributed by atoms with Crippen molar-refractivity contribution in [2.24, 2.45) is 0 Å². The van der Waals surface area contributed by atoms with Crippen LogP contribution in [0.5, 0.6) is 0 Å². The Morgan fingerprint density at radius 2 is 1.67 bits per heavy atom. The van der Waals surface area contributed by atoms with Gasteiger partial charge in [-0.05, 0) is 41.5 Å². The van der Waals surface area contributed by atoms with E-state index in [1.54, 1.807) is 6.07 Å². The van der Waals surface area contributed by atoms with E-state index in [1.165, 1.54) is 12.1 Å². The molecule has 0 fully saturated rings. The molecule has 0 aliphatic carbocycles. The van der Waals surface area contributed by atoms with E-state index < -0.39 is 17.6 Å². The third kappa shape index (κ3) is 2.56. The van der Waals surface area contributed by atoms with Crippen LogP contribution in [0.4, 0.5) is 8.78 Å². The number of hydrogen-bond donors (Lipinski definition) is 1. The maximum absolute atomic E-state index is 13.1. The summed E-state index contributed by atoms with van der Waals surface area (Å²) < 4.78 is 26.9. The minimum atomic E-state index is -1.15. The van der Waals surface area contributed by atoms with E-state index in [0.717, 1.165) is 18.2 Å². The molecule has 0 heterocycles. The van der Waals surface area contributed by atoms with E-state index in [2.05, 4.69) is 15.9 Å². The van der Waals surface area contributed by atoms with Gasteiger partial charge >= 0.3 is 5.97 Å². The van der Waals surface area contributed by atoms with Crippen LogP contribution in [0.15, 0.2) is 40.9 Å². The molecule has 2 aromatic carbocycles. The predicted octanol–water partition coefficient (Wildman–Crippen LogP) is 4.09. The number of halogens is 3. The molecular formula is C13H7BrF2O2. The maximum Gasteiger partial charge on any atom is 0.336 e. The van der Waals surface area contributed by atoms with Gasteiger partial charge in [-0.1, -0.05) is 15.9 Å². The average molecular weight is 313 g/mol. The smallest absolute Gasteiger partial charge is 0.336 e. The van der Waals surface area contributed by atoms with Gasteiger partial charge in [-0.25, -0.2) is 13.6 Å². The molecule has 0 bridgehead atoms. The van der Waals surface area contributed by atoms with Crippen molar-refractivity contribution in [3.8, 4) is 11.1 Å². The highest BCUT2D eigenvalue weighted by Crippen LogP contribution is 2.28. The van der Waals surface area contributed by atoms with Crippen LogP contribution in [-0.2, 0) is 0 Å². The number of carbonyl (C=O) groups is 1. The Hall–Kier alpha value is -1.75. The number of rotatable bonds is 2. The van der Waals surface area contributed by atoms with Gasteiger partial charge in [0.15, 0.2) is 0 Å². The SMILES string of the molecule is O=C(O)c1ccc(Br)cc1-c1cc(F)cc(F)c1. The Morgan fingerprint density at radius 3 is 2.22 bits per heavy atom. The second kappa shape index (κ2) is 4.86. The van der Waals surface area contributed by atoms with E-state index in [9.17, 15) is 13.6 Å². The van der Waals surface area contributed by atoms with E-state index >= 15 is 0 Å². The van der Waals surface area contributed by atoms with E-state index in [-0.39, 0.29) is 16.7 Å². The summed E-state index contributed by atoms with van der Waals surface area (Å²) in [6.45, 7) is 0. The first-order valence-corrected chi connectivity index (χ1v) is 5.76. The highest BCUT2D eigenvalue weighted by molar-refractivity contribution is 9.10. The van der Waals surface area contributed by atoms with E-state index in [0.29, 0.717) is 4.47 Å². The molecule has 0 radical (unpaired) electrons. The van der Waals surface area contributed by atoms with Crippen molar-refractivity contribution in [3.05, 3.63) is 58.1 Å². The fourth-order valence-electron chi connectivity index (χ4n) is 1.65. The number of benzene rings is 2. The van der Waals surface area contributed by atoms with Crippen molar-refractivity contribution in [3.63, 3.8) is 0 Å². The summed E-state index contributed by atoms with van der Waals surface area (Å²) >= 11 is 3.20. The van der Waals surface area contributed by atoms with Crippen LogP contribution >= 0.6 is 15.9 Å². The lowest BCUT2D eigenvalue weighted by molar-refractivity contribution is 0.0697. The standard InChI is InChI=1S/C13H7BrF2O2/c14-8-1-2-11(13(17)18)12(5-8)7-3-9(15)6-10(16)4-7/h1-6H,(H,17,18). The van der Waals surface area contributed by atoms with E-state index in [4.69, 9.17) is 5.11 Å². The summed E-state index contributed by atoms with van der Waals surface area (Å²) in [6.07, 6.45) is 0. The Balaban J connectivity index is 2.68. The molecule has 0 atom stereocenters. The van der Waals surface area contributed by atoms with Crippen LogP contribution < -0.4 is 0 Å². The molecule has 92 valence electrons. The molecule has 0 saturated heterocycles. The summed E-state index contributed by atoms with van der Waals surface area (Å²) in [5, 5.41) is 9.05. The van der Waals surface area contributed by atoms with Crippen LogP contribution in [0.25, 0.3) is 11.1 Å². The monoisotopic (exact) mass is 312 g/mol. The van der Waals surface area contributed by atoms with Crippen LogP contribution in [0.3, 0.4) is 0 Å². The van der Waals surface area contributed by atoms with Crippen LogP contribution in [0, 0.1) is 11.6 Å². The Labute approximate surface area is 110 Å². The molecule has 2 rings (SSSR count). The molecule has 0 amide bonds. The first-order valence-electron chi connectivity index (χ1n) is 4.96. The lowest BCUT2D eigenvalue weighted by Crippen LogP contribution is -2.00. The molecule has 1 N–H and O–H groups in total. The highest BCUT2D eigenvalue weighted by atomic mass is 79.9. The van der Waals surface area contributed by atoms with Crippen molar-refractivity contribution in [1.29, 1.82) is 0 Å². The van der Waals surface area contributed by atoms with Crippen molar-refractivity contribution >= 4 is 21.9 Å². The zero-order valence-electron chi connectivity index (χ0n) is 8.95. The highest BCUT2D eigenvalue weighted by Gasteiger charge is 2.13. The summed E-state index contributed by atoms with van der Waals surface area (Å²) in [7, 11) is 0. The fraction of sp³-hybridized carbons (Fsp3) is 0. The fourth-order valence-corrected chi connectivity index (χ4v) is 2.01. The molecule has 0 saturated carbocycles. The zero-order chi connectivity index (χ0) is 13.3. The van der Waals surface area contributed by atoms with Gasteiger partial charge in [-0.15, -0.1) is 0 Å². The van der Waals surface area contributed by atoms with Gasteiger partial charge in [-0.2, -0.15) is 0 Å². The Kier molecular flexibility index (Phi) is 3.43. The number of carboxylic acids is 1. The zero-order valence-corrected chi connectivity index (χ0v) is 10.5. The van der Waals surface area contributed by atoms with Gasteiger partial charge in [0.2, 0.25) is 0 Å². The summed E-state index contributed by atoms with van der Waals surface area (Å²) in [6, 6.07) is 7.38. The average Bonchev–Trinajstić information content (AvgIpc) is 2.27. The lowest BCUT2D eigenvalue weighted by atomic mass is 9.99. The topological polar surface area (TPSA) is 37.3 Å². The normalized spacial score (nSPS) is 10.4. The van der Waals surface area contributed by atoms with Gasteiger partial charge in [0.1, 0.15) is 11.6 Å². The first-order chi connectivity index (χ1) is 8.47. The second-order valence-corrected chi connectivity index (χ2v) is 4.57. The lowest BCUT2D eigenvalue weighted by Gasteiger charge is -2.07. The molecule has 0 aliphatic rings. The quantitative estimate of drug-likeness (QED) is 0.906. The van der Waals surface area contributed by atoms with Crippen LogP contribution in [0.2, 0.25) is 0 Å². The molecule has 18 heavy (non-hydrogen) atoms. The largest absolute Gasteiger partial charge is 0.478 e. The van der Waals surface area contributed by atoms with Gasteiger partial charge < -0.3 is 5.11 Å². The molecule has 2 nitrogen and oxygen atoms in total. The number of carboxylic acid groups (broad SMARTS) is 1. The summed E-state index contributed by atoms with van der Waals surface area (Å²) in [4.78, 5) is 11.1. The third-order valence-electron chi connectivity index (χ3n) is 2.39. The molecule has 0 spiro atoms. The second-order valence-electron chi connectivity index (χ2n) is 3.65. The molecular weight excluding hydrogens is 306 g/mol. The summed E-state index contributed by atoms with van der Waals surface area (Å²) in [5.41, 5.74) is 0.435. The predicted molar refractivity (Wildman–Crippen MR) is 66.5 cm³/mol. The van der Waals surface area contributed by atoms with Crippen LogP contribution in [0.1, 0.15) is 10.4 Å². The van der Waals surface area contributed by atoms with Gasteiger partial charge in [-0.3, -0.25) is 0 Å². The van der Waals surface area contributed by atoms with Crippen LogP contribution in [-0.4, -0.2) is 11.1 Å². The Bertz CT molecular complexity index is 606. The van der Waals surface area contributed by atoms with Gasteiger partial charge in [0, 0.05) is 10.5 Å². The molecule has 0 unspecified atom stereocenters. The van der Waals surface area contributed by atoms with Crippen molar-refractivity contribution in [1.82, 2.24) is 0 Å². The number of hydrogen-bond acceptors (Lipinski definition) is 1.